The fourth-order valence-corrected chi connectivity index (χ4v) is 3.51. The first-order valence-electron chi connectivity index (χ1n) is 8.35. The number of rotatable bonds is 5. The van der Waals surface area contributed by atoms with Gasteiger partial charge in [0.05, 0.1) is 5.92 Å². The molecule has 0 bridgehead atoms. The summed E-state index contributed by atoms with van der Waals surface area (Å²) in [6, 6.07) is 1.29. The average molecular weight is 349 g/mol. The largest absolute Gasteiger partial charge is 0.481 e. The van der Waals surface area contributed by atoms with E-state index in [1.807, 2.05) is 52.8 Å². The van der Waals surface area contributed by atoms with Crippen molar-refractivity contribution in [3.8, 4) is 0 Å². The highest BCUT2D eigenvalue weighted by Crippen LogP contribution is 2.52. The molecule has 3 N–H and O–H groups in total. The third-order valence-corrected chi connectivity index (χ3v) is 5.13. The molecule has 1 fully saturated rings. The van der Waals surface area contributed by atoms with Crippen molar-refractivity contribution < 1.29 is 14.7 Å². The fraction of sp³-hybridized carbons (Fsp3) is 0.647. The van der Waals surface area contributed by atoms with Crippen LogP contribution in [0.3, 0.4) is 0 Å². The van der Waals surface area contributed by atoms with Gasteiger partial charge in [0.2, 0.25) is 5.95 Å². The molecule has 0 spiro atoms. The fourth-order valence-electron chi connectivity index (χ4n) is 3.51. The van der Waals surface area contributed by atoms with E-state index >= 15 is 0 Å². The first kappa shape index (κ1) is 19.0. The maximum Gasteiger partial charge on any atom is 0.321 e. The molecule has 1 aromatic heterocycles. The zero-order valence-corrected chi connectivity index (χ0v) is 15.6. The van der Waals surface area contributed by atoms with E-state index in [1.54, 1.807) is 0 Å². The number of anilines is 2. The number of nitrogens with zero attached hydrogens (tertiary/aromatic N) is 3. The van der Waals surface area contributed by atoms with Crippen molar-refractivity contribution >= 4 is 23.8 Å². The quantitative estimate of drug-likeness (QED) is 0.751. The highest BCUT2D eigenvalue weighted by Gasteiger charge is 2.53. The van der Waals surface area contributed by atoms with Crippen LogP contribution < -0.4 is 15.5 Å². The third-order valence-electron chi connectivity index (χ3n) is 5.13. The number of hydrogen-bond donors (Lipinski definition) is 3. The predicted octanol–water partition coefficient (Wildman–Crippen LogP) is 2.11. The van der Waals surface area contributed by atoms with E-state index < -0.39 is 12.0 Å². The molecule has 1 aromatic rings. The third kappa shape index (κ3) is 4.00. The highest BCUT2D eigenvalue weighted by atomic mass is 16.4. The summed E-state index contributed by atoms with van der Waals surface area (Å²) in [4.78, 5) is 33.8. The van der Waals surface area contributed by atoms with Crippen molar-refractivity contribution in [1.82, 2.24) is 15.3 Å². The van der Waals surface area contributed by atoms with Gasteiger partial charge in [0.25, 0.3) is 0 Å². The smallest absolute Gasteiger partial charge is 0.321 e. The Bertz CT molecular complexity index is 674. The Morgan fingerprint density at radius 1 is 1.36 bits per heavy atom. The van der Waals surface area contributed by atoms with Gasteiger partial charge in [-0.1, -0.05) is 13.8 Å². The van der Waals surface area contributed by atoms with Crippen molar-refractivity contribution in [2.45, 2.75) is 40.2 Å². The van der Waals surface area contributed by atoms with Crippen LogP contribution in [0, 0.1) is 24.2 Å². The summed E-state index contributed by atoms with van der Waals surface area (Å²) < 4.78 is 0. The average Bonchev–Trinajstić information content (AvgIpc) is 2.44. The molecule has 1 aliphatic rings. The monoisotopic (exact) mass is 349 g/mol. The minimum Gasteiger partial charge on any atom is -0.481 e. The van der Waals surface area contributed by atoms with Crippen molar-refractivity contribution in [1.29, 1.82) is 0 Å². The van der Waals surface area contributed by atoms with E-state index in [0.29, 0.717) is 12.2 Å². The van der Waals surface area contributed by atoms with Gasteiger partial charge in [-0.25, -0.2) is 9.78 Å². The van der Waals surface area contributed by atoms with E-state index in [9.17, 15) is 14.7 Å². The number of hydrogen-bond acceptors (Lipinski definition) is 5. The second kappa shape index (κ2) is 6.85. The van der Waals surface area contributed by atoms with Crippen LogP contribution in [0.25, 0.3) is 0 Å². The first-order valence-corrected chi connectivity index (χ1v) is 8.35. The number of carbonyl (C=O) groups is 2. The van der Waals surface area contributed by atoms with Crippen LogP contribution in [0.5, 0.6) is 0 Å². The van der Waals surface area contributed by atoms with Crippen LogP contribution in [0.4, 0.5) is 16.6 Å². The number of aryl methyl sites for hydroxylation is 1. The molecule has 0 aromatic carbocycles. The van der Waals surface area contributed by atoms with Crippen molar-refractivity contribution in [2.24, 2.45) is 17.3 Å². The Morgan fingerprint density at radius 2 is 2.00 bits per heavy atom. The lowest BCUT2D eigenvalue weighted by Gasteiger charge is -2.52. The second-order valence-corrected chi connectivity index (χ2v) is 7.53. The summed E-state index contributed by atoms with van der Waals surface area (Å²) in [6.07, 6.45) is 0.565. The Balaban J connectivity index is 1.98. The van der Waals surface area contributed by atoms with Gasteiger partial charge >= 0.3 is 12.0 Å². The molecule has 2 rings (SSSR count). The highest BCUT2D eigenvalue weighted by molar-refractivity contribution is 5.87. The molecule has 1 aliphatic carbocycles. The first-order chi connectivity index (χ1) is 11.5. The standard InChI is InChI=1S/C17H27N5O3/c1-9-7-13(22(5)6)20-15(18-9)21-16(25)19-10(2)11-8-12(14(23)24)17(11,3)4/h7,10-12H,8H2,1-6H3,(H,23,24)(H2,18,19,20,21,25)/t10?,11-,12+/m0/s1. The molecule has 8 heteroatoms. The van der Waals surface area contributed by atoms with Crippen molar-refractivity contribution in [2.75, 3.05) is 24.3 Å². The molecular formula is C17H27N5O3. The Labute approximate surface area is 148 Å². The summed E-state index contributed by atoms with van der Waals surface area (Å²) in [6.45, 7) is 7.60. The number of urea groups is 1. The molecule has 1 heterocycles. The van der Waals surface area contributed by atoms with Gasteiger partial charge in [-0.3, -0.25) is 10.1 Å². The lowest BCUT2D eigenvalue weighted by atomic mass is 9.53. The molecule has 8 nitrogen and oxygen atoms in total. The number of amides is 2. The number of aromatic nitrogens is 2. The van der Waals surface area contributed by atoms with Crippen molar-refractivity contribution in [3.05, 3.63) is 11.8 Å². The van der Waals surface area contributed by atoms with Crippen LogP contribution in [0.15, 0.2) is 6.07 Å². The number of carboxylic acid groups (broad SMARTS) is 1. The van der Waals surface area contributed by atoms with Crippen LogP contribution >= 0.6 is 0 Å². The SMILES string of the molecule is Cc1cc(N(C)C)nc(NC(=O)NC(C)[C@@H]2C[C@H](C(=O)O)C2(C)C)n1. The van der Waals surface area contributed by atoms with Crippen LogP contribution in [0.1, 0.15) is 32.9 Å². The van der Waals surface area contributed by atoms with Gasteiger partial charge in [0.1, 0.15) is 5.82 Å². The molecule has 1 unspecified atom stereocenters. The molecular weight excluding hydrogens is 322 g/mol. The summed E-state index contributed by atoms with van der Waals surface area (Å²) in [5, 5.41) is 14.8. The Morgan fingerprint density at radius 3 is 2.52 bits per heavy atom. The van der Waals surface area contributed by atoms with Crippen LogP contribution in [-0.2, 0) is 4.79 Å². The maximum absolute atomic E-state index is 12.3. The summed E-state index contributed by atoms with van der Waals surface area (Å²) in [5.74, 6) is -0.0880. The van der Waals surface area contributed by atoms with Gasteiger partial charge in [-0.05, 0) is 31.6 Å². The minimum atomic E-state index is -0.776. The summed E-state index contributed by atoms with van der Waals surface area (Å²) >= 11 is 0. The molecule has 0 aliphatic heterocycles. The zero-order chi connectivity index (χ0) is 18.9. The number of carbonyl (C=O) groups excluding carboxylic acids is 1. The molecule has 25 heavy (non-hydrogen) atoms. The van der Waals surface area contributed by atoms with Gasteiger partial charge in [0, 0.05) is 31.9 Å². The lowest BCUT2D eigenvalue weighted by molar-refractivity contribution is -0.160. The minimum absolute atomic E-state index is 0.107. The van der Waals surface area contributed by atoms with Crippen molar-refractivity contribution in [3.63, 3.8) is 0 Å². The summed E-state index contributed by atoms with van der Waals surface area (Å²) in [5.41, 5.74) is 0.405. The van der Waals surface area contributed by atoms with E-state index in [-0.39, 0.29) is 29.2 Å². The predicted molar refractivity (Wildman–Crippen MR) is 95.7 cm³/mol. The van der Waals surface area contributed by atoms with Gasteiger partial charge in [-0.2, -0.15) is 4.98 Å². The zero-order valence-electron chi connectivity index (χ0n) is 15.6. The Kier molecular flexibility index (Phi) is 5.20. The maximum atomic E-state index is 12.3. The number of carboxylic acids is 1. The molecule has 0 saturated heterocycles. The number of nitrogens with one attached hydrogen (secondary N) is 2. The topological polar surface area (TPSA) is 107 Å². The Hall–Kier alpha value is -2.38. The lowest BCUT2D eigenvalue weighted by Crippen LogP contribution is -2.57. The van der Waals surface area contributed by atoms with Crippen LogP contribution in [0.2, 0.25) is 0 Å². The van der Waals surface area contributed by atoms with E-state index in [4.69, 9.17) is 0 Å². The molecule has 0 radical (unpaired) electrons. The van der Waals surface area contributed by atoms with Crippen LogP contribution in [-0.4, -0.2) is 47.2 Å². The summed E-state index contributed by atoms with van der Waals surface area (Å²) in [7, 11) is 3.73. The number of aliphatic carboxylic acids is 1. The van der Waals surface area contributed by atoms with E-state index in [1.165, 1.54) is 0 Å². The van der Waals surface area contributed by atoms with E-state index in [2.05, 4.69) is 20.6 Å². The van der Waals surface area contributed by atoms with E-state index in [0.717, 1.165) is 5.69 Å². The van der Waals surface area contributed by atoms with Gasteiger partial charge in [0.15, 0.2) is 0 Å². The normalized spacial score (nSPS) is 22.5. The van der Waals surface area contributed by atoms with Gasteiger partial charge in [-0.15, -0.1) is 0 Å². The second-order valence-electron chi connectivity index (χ2n) is 7.53. The molecule has 1 saturated carbocycles. The molecule has 138 valence electrons. The molecule has 3 atom stereocenters. The molecule has 2 amide bonds. The van der Waals surface area contributed by atoms with Gasteiger partial charge < -0.3 is 15.3 Å².